The number of rotatable bonds is 2. The van der Waals surface area contributed by atoms with Crippen molar-refractivity contribution in [2.45, 2.75) is 0 Å². The summed E-state index contributed by atoms with van der Waals surface area (Å²) in [6, 6.07) is 0. The van der Waals surface area contributed by atoms with Crippen molar-refractivity contribution in [3.05, 3.63) is 23.6 Å². The summed E-state index contributed by atoms with van der Waals surface area (Å²) >= 11 is 10.2. The summed E-state index contributed by atoms with van der Waals surface area (Å²) in [6.45, 7) is 0. The molecule has 0 aromatic heterocycles. The van der Waals surface area contributed by atoms with Gasteiger partial charge in [0.15, 0.2) is 0 Å². The van der Waals surface area contributed by atoms with Crippen molar-refractivity contribution in [3.8, 4) is 0 Å². The lowest BCUT2D eigenvalue weighted by Gasteiger charge is -2.08. The standard InChI is InChI=1S/C7H10S4/c8-5-10-7-3-1-2-4-11(7)6-9/h1-4,8-9H,5-6H2. The summed E-state index contributed by atoms with van der Waals surface area (Å²) in [7, 11) is 0.238. The van der Waals surface area contributed by atoms with Crippen LogP contribution < -0.4 is 0 Å². The summed E-state index contributed by atoms with van der Waals surface area (Å²) < 4.78 is 1.40. The molecular formula is C7H10S4. The quantitative estimate of drug-likeness (QED) is 0.411. The first-order valence-corrected chi connectivity index (χ1v) is 6.85. The minimum atomic E-state index is 0.238. The minimum Gasteiger partial charge on any atom is -0.169 e. The summed E-state index contributed by atoms with van der Waals surface area (Å²) in [5.41, 5.74) is 0. The van der Waals surface area contributed by atoms with Gasteiger partial charge in [-0.15, -0.1) is 22.2 Å². The number of allylic oxidation sites excluding steroid dienone is 2. The average Bonchev–Trinajstić information content (AvgIpc) is 2.06. The fourth-order valence-corrected chi connectivity index (χ4v) is 4.65. The van der Waals surface area contributed by atoms with E-state index >= 15 is 0 Å². The van der Waals surface area contributed by atoms with Gasteiger partial charge in [0, 0.05) is 14.4 Å². The van der Waals surface area contributed by atoms with Gasteiger partial charge >= 0.3 is 0 Å². The molecule has 0 N–H and O–H groups in total. The molecule has 0 radical (unpaired) electrons. The highest BCUT2D eigenvalue weighted by molar-refractivity contribution is 8.39. The van der Waals surface area contributed by atoms with E-state index in [1.165, 1.54) is 4.20 Å². The number of thioether (sulfide) groups is 1. The Bertz CT molecular complexity index is 214. The lowest BCUT2D eigenvalue weighted by atomic mass is 10.5. The van der Waals surface area contributed by atoms with Crippen LogP contribution in [0.25, 0.3) is 0 Å². The lowest BCUT2D eigenvalue weighted by molar-refractivity contribution is 2.04. The highest BCUT2D eigenvalue weighted by atomic mass is 32.2. The van der Waals surface area contributed by atoms with Gasteiger partial charge in [0.25, 0.3) is 0 Å². The maximum Gasteiger partial charge on any atom is 0.0414 e. The zero-order chi connectivity index (χ0) is 8.10. The molecule has 0 saturated heterocycles. The molecule has 11 heavy (non-hydrogen) atoms. The van der Waals surface area contributed by atoms with Crippen LogP contribution in [0.2, 0.25) is 0 Å². The van der Waals surface area contributed by atoms with Crippen molar-refractivity contribution in [1.82, 2.24) is 0 Å². The Morgan fingerprint density at radius 2 is 2.18 bits per heavy atom. The van der Waals surface area contributed by atoms with E-state index in [1.807, 2.05) is 0 Å². The van der Waals surface area contributed by atoms with Crippen LogP contribution in [-0.2, 0) is 0 Å². The lowest BCUT2D eigenvalue weighted by Crippen LogP contribution is -1.90. The molecule has 1 aliphatic rings. The molecule has 4 heteroatoms. The van der Waals surface area contributed by atoms with Crippen LogP contribution in [0.3, 0.4) is 0 Å². The van der Waals surface area contributed by atoms with E-state index in [0.717, 1.165) is 10.2 Å². The molecular weight excluding hydrogens is 212 g/mol. The van der Waals surface area contributed by atoms with E-state index in [2.05, 4.69) is 48.9 Å². The highest BCUT2D eigenvalue weighted by Gasteiger charge is 2.00. The molecule has 1 atom stereocenters. The maximum absolute atomic E-state index is 4.28. The zero-order valence-corrected chi connectivity index (χ0v) is 9.36. The summed E-state index contributed by atoms with van der Waals surface area (Å²) in [5, 5.41) is 3.97. The molecule has 0 spiro atoms. The topological polar surface area (TPSA) is 0 Å². The second kappa shape index (κ2) is 5.41. The van der Waals surface area contributed by atoms with Crippen LogP contribution in [0, 0.1) is 0 Å². The SMILES string of the molecule is SCSC1=S(CS)C=CC=C1. The number of hydrogen-bond donors (Lipinski definition) is 2. The van der Waals surface area contributed by atoms with Crippen molar-refractivity contribution in [2.75, 3.05) is 10.2 Å². The third-order valence-corrected chi connectivity index (χ3v) is 5.37. The third kappa shape index (κ3) is 2.93. The van der Waals surface area contributed by atoms with Crippen LogP contribution >= 0.6 is 47.5 Å². The zero-order valence-electron chi connectivity index (χ0n) is 5.93. The molecule has 0 aromatic carbocycles. The monoisotopic (exact) mass is 222 g/mol. The summed E-state index contributed by atoms with van der Waals surface area (Å²) in [5.74, 6) is 0. The van der Waals surface area contributed by atoms with E-state index in [0.29, 0.717) is 0 Å². The minimum absolute atomic E-state index is 0.238. The smallest absolute Gasteiger partial charge is 0.0414 e. The van der Waals surface area contributed by atoms with Crippen molar-refractivity contribution in [1.29, 1.82) is 0 Å². The van der Waals surface area contributed by atoms with Gasteiger partial charge in [-0.2, -0.15) is 25.3 Å². The van der Waals surface area contributed by atoms with E-state index in [1.54, 1.807) is 11.8 Å². The molecule has 1 rings (SSSR count). The predicted molar refractivity (Wildman–Crippen MR) is 66.2 cm³/mol. The molecule has 1 unspecified atom stereocenters. The Balaban J connectivity index is 2.76. The molecule has 0 amide bonds. The molecule has 62 valence electrons. The van der Waals surface area contributed by atoms with Gasteiger partial charge in [-0.25, -0.2) is 0 Å². The largest absolute Gasteiger partial charge is 0.169 e. The average molecular weight is 222 g/mol. The van der Waals surface area contributed by atoms with Crippen molar-refractivity contribution < 1.29 is 0 Å². The first-order valence-electron chi connectivity index (χ1n) is 3.14. The second-order valence-electron chi connectivity index (χ2n) is 1.84. The van der Waals surface area contributed by atoms with Crippen LogP contribution in [0.1, 0.15) is 0 Å². The van der Waals surface area contributed by atoms with Crippen LogP contribution in [0.5, 0.6) is 0 Å². The molecule has 1 heterocycles. The first-order chi connectivity index (χ1) is 5.38. The van der Waals surface area contributed by atoms with Crippen molar-refractivity contribution in [2.24, 2.45) is 0 Å². The highest BCUT2D eigenvalue weighted by Crippen LogP contribution is 2.28. The van der Waals surface area contributed by atoms with E-state index < -0.39 is 0 Å². The van der Waals surface area contributed by atoms with Crippen LogP contribution in [0.15, 0.2) is 23.6 Å². The Kier molecular flexibility index (Phi) is 4.83. The van der Waals surface area contributed by atoms with Gasteiger partial charge in [-0.1, -0.05) is 12.2 Å². The van der Waals surface area contributed by atoms with Gasteiger partial charge in [0.05, 0.1) is 0 Å². The van der Waals surface area contributed by atoms with Gasteiger partial charge in [0.1, 0.15) is 0 Å². The Morgan fingerprint density at radius 1 is 1.36 bits per heavy atom. The second-order valence-corrected chi connectivity index (χ2v) is 6.46. The molecule has 0 nitrogen and oxygen atoms in total. The van der Waals surface area contributed by atoms with Crippen molar-refractivity contribution >= 4 is 51.7 Å². The van der Waals surface area contributed by atoms with E-state index in [9.17, 15) is 0 Å². The molecule has 0 aromatic rings. The Morgan fingerprint density at radius 3 is 2.82 bits per heavy atom. The molecule has 0 fully saturated rings. The third-order valence-electron chi connectivity index (χ3n) is 1.19. The molecule has 0 bridgehead atoms. The molecule has 0 aliphatic carbocycles. The molecule has 1 aliphatic heterocycles. The molecule has 0 saturated carbocycles. The number of hydrogen-bond acceptors (Lipinski definition) is 3. The normalized spacial score (nSPS) is 22.7. The first kappa shape index (κ1) is 9.84. The van der Waals surface area contributed by atoms with Gasteiger partial charge in [-0.05, 0) is 11.5 Å². The maximum atomic E-state index is 4.28. The fourth-order valence-electron chi connectivity index (χ4n) is 0.723. The van der Waals surface area contributed by atoms with Crippen molar-refractivity contribution in [3.63, 3.8) is 0 Å². The van der Waals surface area contributed by atoms with E-state index in [-0.39, 0.29) is 10.5 Å². The summed E-state index contributed by atoms with van der Waals surface area (Å²) in [4.78, 5) is 0. The van der Waals surface area contributed by atoms with Gasteiger partial charge in [0.2, 0.25) is 0 Å². The Labute approximate surface area is 85.3 Å². The van der Waals surface area contributed by atoms with E-state index in [4.69, 9.17) is 0 Å². The predicted octanol–water partition coefficient (Wildman–Crippen LogP) is 2.98. The van der Waals surface area contributed by atoms with Crippen LogP contribution in [-0.4, -0.2) is 14.4 Å². The number of thiol groups is 2. The summed E-state index contributed by atoms with van der Waals surface area (Å²) in [6.07, 6.45) is 6.31. The van der Waals surface area contributed by atoms with Gasteiger partial charge < -0.3 is 0 Å². The Hall–Kier alpha value is 0.750. The fraction of sp³-hybridized carbons (Fsp3) is 0.286. The van der Waals surface area contributed by atoms with Gasteiger partial charge in [-0.3, -0.25) is 0 Å². The van der Waals surface area contributed by atoms with Crippen LogP contribution in [0.4, 0.5) is 0 Å².